The average molecular weight is 398 g/mol. The van der Waals surface area contributed by atoms with Gasteiger partial charge in [-0.05, 0) is 48.8 Å². The van der Waals surface area contributed by atoms with E-state index in [0.29, 0.717) is 32.7 Å². The predicted molar refractivity (Wildman–Crippen MR) is 97.0 cm³/mol. The van der Waals surface area contributed by atoms with E-state index in [9.17, 15) is 9.59 Å². The van der Waals surface area contributed by atoms with Crippen LogP contribution < -0.4 is 5.32 Å². The summed E-state index contributed by atoms with van der Waals surface area (Å²) < 4.78 is 6.22. The number of para-hydroxylation sites is 1. The molecular weight excluding hydrogens is 374 g/mol. The monoisotopic (exact) mass is 397 g/mol. The quantitative estimate of drug-likeness (QED) is 0.851. The van der Waals surface area contributed by atoms with Gasteiger partial charge in [-0.1, -0.05) is 12.1 Å². The number of ether oxygens (including phenoxy) is 1. The highest BCUT2D eigenvalue weighted by molar-refractivity contribution is 9.10. The summed E-state index contributed by atoms with van der Waals surface area (Å²) in [6.45, 7) is 8.32. The van der Waals surface area contributed by atoms with E-state index in [1.54, 1.807) is 4.90 Å². The first-order chi connectivity index (χ1) is 11.2. The van der Waals surface area contributed by atoms with E-state index in [-0.39, 0.29) is 12.0 Å². The van der Waals surface area contributed by atoms with Crippen molar-refractivity contribution >= 4 is 33.6 Å². The number of carbonyl (C=O) groups is 2. The Hall–Kier alpha value is -1.60. The molecule has 6 nitrogen and oxygen atoms in total. The van der Waals surface area contributed by atoms with Gasteiger partial charge < -0.3 is 15.0 Å². The Bertz CT molecular complexity index is 593. The first-order valence-electron chi connectivity index (χ1n) is 7.99. The summed E-state index contributed by atoms with van der Waals surface area (Å²) in [6, 6.07) is 7.51. The minimum atomic E-state index is -0.489. The topological polar surface area (TPSA) is 61.9 Å². The lowest BCUT2D eigenvalue weighted by atomic mass is 10.2. The van der Waals surface area contributed by atoms with Crippen molar-refractivity contribution in [1.82, 2.24) is 9.80 Å². The van der Waals surface area contributed by atoms with Crippen molar-refractivity contribution in [3.05, 3.63) is 28.7 Å². The highest BCUT2D eigenvalue weighted by Crippen LogP contribution is 2.21. The van der Waals surface area contributed by atoms with E-state index < -0.39 is 5.60 Å². The minimum Gasteiger partial charge on any atom is -0.444 e. The van der Waals surface area contributed by atoms with Crippen LogP contribution >= 0.6 is 15.9 Å². The smallest absolute Gasteiger partial charge is 0.410 e. The molecule has 2 amide bonds. The van der Waals surface area contributed by atoms with Crippen molar-refractivity contribution in [3.8, 4) is 0 Å². The predicted octanol–water partition coefficient (Wildman–Crippen LogP) is 2.94. The second-order valence-electron chi connectivity index (χ2n) is 6.77. The van der Waals surface area contributed by atoms with Gasteiger partial charge in [0.2, 0.25) is 5.91 Å². The molecule has 1 aliphatic rings. The van der Waals surface area contributed by atoms with E-state index in [1.165, 1.54) is 0 Å². The van der Waals surface area contributed by atoms with Gasteiger partial charge in [-0.3, -0.25) is 9.69 Å². The van der Waals surface area contributed by atoms with Crippen molar-refractivity contribution in [1.29, 1.82) is 0 Å². The molecule has 1 heterocycles. The van der Waals surface area contributed by atoms with E-state index in [2.05, 4.69) is 21.2 Å². The van der Waals surface area contributed by atoms with Crippen LogP contribution in [0.3, 0.4) is 0 Å². The van der Waals surface area contributed by atoms with Crippen LogP contribution in [0, 0.1) is 0 Å². The highest BCUT2D eigenvalue weighted by Gasteiger charge is 2.26. The summed E-state index contributed by atoms with van der Waals surface area (Å²) in [5.74, 6) is -0.0624. The number of rotatable bonds is 3. The maximum Gasteiger partial charge on any atom is 0.410 e. The standard InChI is InChI=1S/C17H24BrN3O3/c1-17(2,3)24-16(23)21-10-8-20(9-11-21)12-15(22)19-14-7-5-4-6-13(14)18/h4-7H,8-12H2,1-3H3,(H,19,22). The Morgan fingerprint density at radius 1 is 1.17 bits per heavy atom. The number of piperazine rings is 1. The Kier molecular flexibility index (Phi) is 6.23. The third-order valence-corrected chi connectivity index (χ3v) is 4.23. The fraction of sp³-hybridized carbons (Fsp3) is 0.529. The first kappa shape index (κ1) is 18.7. The summed E-state index contributed by atoms with van der Waals surface area (Å²) in [5.41, 5.74) is 0.270. The van der Waals surface area contributed by atoms with Crippen LogP contribution in [0.15, 0.2) is 28.7 Å². The van der Waals surface area contributed by atoms with Gasteiger partial charge in [-0.2, -0.15) is 0 Å². The molecule has 2 rings (SSSR count). The maximum absolute atomic E-state index is 12.2. The molecule has 0 radical (unpaired) electrons. The van der Waals surface area contributed by atoms with Gasteiger partial charge in [0.25, 0.3) is 0 Å². The zero-order chi connectivity index (χ0) is 17.7. The summed E-state index contributed by atoms with van der Waals surface area (Å²) in [5, 5.41) is 2.89. The van der Waals surface area contributed by atoms with Gasteiger partial charge in [0, 0.05) is 30.7 Å². The zero-order valence-corrected chi connectivity index (χ0v) is 15.9. The van der Waals surface area contributed by atoms with Gasteiger partial charge in [0.1, 0.15) is 5.60 Å². The Morgan fingerprint density at radius 3 is 2.38 bits per heavy atom. The molecule has 1 fully saturated rings. The van der Waals surface area contributed by atoms with Crippen LogP contribution in [0.1, 0.15) is 20.8 Å². The molecule has 132 valence electrons. The summed E-state index contributed by atoms with van der Waals surface area (Å²) in [4.78, 5) is 27.9. The second-order valence-corrected chi connectivity index (χ2v) is 7.63. The first-order valence-corrected chi connectivity index (χ1v) is 8.78. The molecule has 7 heteroatoms. The molecule has 0 unspecified atom stereocenters. The molecule has 0 atom stereocenters. The molecular formula is C17H24BrN3O3. The van der Waals surface area contributed by atoms with Crippen LogP contribution in [0.4, 0.5) is 10.5 Å². The summed E-state index contributed by atoms with van der Waals surface area (Å²) >= 11 is 3.41. The molecule has 1 N–H and O–H groups in total. The lowest BCUT2D eigenvalue weighted by Gasteiger charge is -2.35. The zero-order valence-electron chi connectivity index (χ0n) is 14.3. The number of halogens is 1. The van der Waals surface area contributed by atoms with Crippen molar-refractivity contribution in [2.24, 2.45) is 0 Å². The second kappa shape index (κ2) is 7.98. The molecule has 1 saturated heterocycles. The molecule has 1 aromatic carbocycles. The lowest BCUT2D eigenvalue weighted by molar-refractivity contribution is -0.117. The number of hydrogen-bond acceptors (Lipinski definition) is 4. The Balaban J connectivity index is 1.77. The molecule has 1 aliphatic heterocycles. The highest BCUT2D eigenvalue weighted by atomic mass is 79.9. The normalized spacial score (nSPS) is 15.9. The van der Waals surface area contributed by atoms with Gasteiger partial charge in [-0.15, -0.1) is 0 Å². The molecule has 0 saturated carbocycles. The van der Waals surface area contributed by atoms with Crippen molar-refractivity contribution in [2.45, 2.75) is 26.4 Å². The Labute approximate surface area is 151 Å². The summed E-state index contributed by atoms with van der Waals surface area (Å²) in [6.07, 6.45) is -0.292. The Morgan fingerprint density at radius 2 is 1.79 bits per heavy atom. The van der Waals surface area contributed by atoms with Crippen molar-refractivity contribution in [3.63, 3.8) is 0 Å². The third-order valence-electron chi connectivity index (χ3n) is 3.54. The van der Waals surface area contributed by atoms with Crippen LogP contribution in [0.25, 0.3) is 0 Å². The number of nitrogens with one attached hydrogen (secondary N) is 1. The van der Waals surface area contributed by atoms with Gasteiger partial charge in [0.05, 0.1) is 12.2 Å². The molecule has 24 heavy (non-hydrogen) atoms. The number of amides is 2. The van der Waals surface area contributed by atoms with E-state index in [0.717, 1.165) is 10.2 Å². The van der Waals surface area contributed by atoms with Crippen LogP contribution in [-0.4, -0.2) is 60.1 Å². The maximum atomic E-state index is 12.2. The molecule has 1 aromatic rings. The lowest BCUT2D eigenvalue weighted by Crippen LogP contribution is -2.51. The fourth-order valence-corrected chi connectivity index (χ4v) is 2.75. The van der Waals surface area contributed by atoms with E-state index >= 15 is 0 Å². The number of hydrogen-bond donors (Lipinski definition) is 1. The minimum absolute atomic E-state index is 0.0624. The third kappa shape index (κ3) is 5.79. The van der Waals surface area contributed by atoms with Gasteiger partial charge in [-0.25, -0.2) is 4.79 Å². The van der Waals surface area contributed by atoms with Crippen molar-refractivity contribution in [2.75, 3.05) is 38.0 Å². The summed E-state index contributed by atoms with van der Waals surface area (Å²) in [7, 11) is 0. The number of nitrogens with zero attached hydrogens (tertiary/aromatic N) is 2. The number of anilines is 1. The van der Waals surface area contributed by atoms with Crippen LogP contribution in [0.5, 0.6) is 0 Å². The SMILES string of the molecule is CC(C)(C)OC(=O)N1CCN(CC(=O)Nc2ccccc2Br)CC1. The fourth-order valence-electron chi connectivity index (χ4n) is 2.37. The van der Waals surface area contributed by atoms with Crippen LogP contribution in [0.2, 0.25) is 0 Å². The average Bonchev–Trinajstić information content (AvgIpc) is 2.48. The number of carbonyl (C=O) groups excluding carboxylic acids is 2. The van der Waals surface area contributed by atoms with E-state index in [1.807, 2.05) is 49.9 Å². The van der Waals surface area contributed by atoms with Gasteiger partial charge >= 0.3 is 6.09 Å². The largest absolute Gasteiger partial charge is 0.444 e. The molecule has 0 aliphatic carbocycles. The molecule has 0 spiro atoms. The van der Waals surface area contributed by atoms with Crippen LogP contribution in [-0.2, 0) is 9.53 Å². The van der Waals surface area contributed by atoms with Crippen molar-refractivity contribution < 1.29 is 14.3 Å². The molecule has 0 aromatic heterocycles. The van der Waals surface area contributed by atoms with Gasteiger partial charge in [0.15, 0.2) is 0 Å². The number of benzene rings is 1. The molecule has 0 bridgehead atoms. The van der Waals surface area contributed by atoms with E-state index in [4.69, 9.17) is 4.74 Å².